The minimum atomic E-state index is -0.0950. The van der Waals surface area contributed by atoms with Gasteiger partial charge in [0.2, 0.25) is 0 Å². The van der Waals surface area contributed by atoms with E-state index in [-0.39, 0.29) is 11.6 Å². The Kier molecular flexibility index (Phi) is 8.64. The van der Waals surface area contributed by atoms with Crippen LogP contribution in [0.5, 0.6) is 0 Å². The van der Waals surface area contributed by atoms with Gasteiger partial charge < -0.3 is 18.9 Å². The van der Waals surface area contributed by atoms with Gasteiger partial charge in [-0.15, -0.1) is 0 Å². The predicted molar refractivity (Wildman–Crippen MR) is 96.8 cm³/mol. The highest BCUT2D eigenvalue weighted by Crippen LogP contribution is 2.29. The predicted octanol–water partition coefficient (Wildman–Crippen LogP) is 2.47. The fourth-order valence-electron chi connectivity index (χ4n) is 2.84. The minimum Gasteiger partial charge on any atom is -0.382 e. The summed E-state index contributed by atoms with van der Waals surface area (Å²) in [4.78, 5) is 25.8. The molecule has 1 aliphatic carbocycles. The first-order chi connectivity index (χ1) is 12.7. The number of methoxy groups -OCH3 is 2. The fourth-order valence-corrected chi connectivity index (χ4v) is 2.84. The van der Waals surface area contributed by atoms with Crippen molar-refractivity contribution in [2.45, 2.75) is 12.8 Å². The number of hydrogen-bond acceptors (Lipinski definition) is 6. The van der Waals surface area contributed by atoms with Crippen LogP contribution in [0.3, 0.4) is 0 Å². The highest BCUT2D eigenvalue weighted by molar-refractivity contribution is 6.26. The Labute approximate surface area is 154 Å². The lowest BCUT2D eigenvalue weighted by Crippen LogP contribution is -2.24. The fraction of sp³-hybridized carbons (Fsp3) is 0.500. The van der Waals surface area contributed by atoms with Gasteiger partial charge in [-0.05, 0) is 0 Å². The van der Waals surface area contributed by atoms with E-state index < -0.39 is 0 Å². The van der Waals surface area contributed by atoms with Crippen LogP contribution in [0.25, 0.3) is 0 Å². The van der Waals surface area contributed by atoms with Crippen LogP contribution in [-0.4, -0.2) is 65.4 Å². The standard InChI is InChI=1S/C20H26O6/c1-23-11-13-25-9-7-17-18(8-10-26-14-12-24-2)20(22)16-6-4-3-5-15(16)19(17)21/h3-6H,7-14H2,1-2H3. The molecule has 26 heavy (non-hydrogen) atoms. The van der Waals surface area contributed by atoms with Gasteiger partial charge in [0.05, 0.1) is 39.6 Å². The number of hydrogen-bond donors (Lipinski definition) is 0. The molecule has 0 fully saturated rings. The highest BCUT2D eigenvalue weighted by Gasteiger charge is 2.31. The number of benzene rings is 1. The molecule has 142 valence electrons. The number of rotatable bonds is 12. The van der Waals surface area contributed by atoms with Crippen molar-refractivity contribution < 1.29 is 28.5 Å². The molecule has 6 nitrogen and oxygen atoms in total. The highest BCUT2D eigenvalue weighted by atomic mass is 16.5. The van der Waals surface area contributed by atoms with Crippen molar-refractivity contribution in [1.29, 1.82) is 0 Å². The molecule has 1 aromatic carbocycles. The van der Waals surface area contributed by atoms with E-state index in [0.717, 1.165) is 0 Å². The van der Waals surface area contributed by atoms with Crippen molar-refractivity contribution in [3.8, 4) is 0 Å². The molecule has 1 aliphatic rings. The van der Waals surface area contributed by atoms with Gasteiger partial charge in [0.1, 0.15) is 0 Å². The second-order valence-electron chi connectivity index (χ2n) is 5.87. The molecule has 0 radical (unpaired) electrons. The van der Waals surface area contributed by atoms with E-state index in [1.54, 1.807) is 38.5 Å². The first kappa shape index (κ1) is 20.5. The quantitative estimate of drug-likeness (QED) is 0.532. The van der Waals surface area contributed by atoms with Crippen molar-refractivity contribution in [2.75, 3.05) is 53.9 Å². The molecule has 0 atom stereocenters. The first-order valence-corrected chi connectivity index (χ1v) is 8.74. The maximum absolute atomic E-state index is 12.9. The van der Waals surface area contributed by atoms with Gasteiger partial charge in [-0.3, -0.25) is 9.59 Å². The molecule has 0 bridgehead atoms. The lowest BCUT2D eigenvalue weighted by Gasteiger charge is -2.21. The smallest absolute Gasteiger partial charge is 0.190 e. The molecular formula is C20H26O6. The summed E-state index contributed by atoms with van der Waals surface area (Å²) < 4.78 is 20.8. The summed E-state index contributed by atoms with van der Waals surface area (Å²) in [5.41, 5.74) is 1.99. The summed E-state index contributed by atoms with van der Waals surface area (Å²) in [6, 6.07) is 6.95. The Morgan fingerprint density at radius 2 is 1.08 bits per heavy atom. The number of ether oxygens (including phenoxy) is 4. The van der Waals surface area contributed by atoms with Crippen LogP contribution in [0.1, 0.15) is 33.6 Å². The lowest BCUT2D eigenvalue weighted by molar-refractivity contribution is 0.0687. The molecule has 0 aromatic heterocycles. The molecule has 0 saturated carbocycles. The van der Waals surface area contributed by atoms with Crippen molar-refractivity contribution in [3.63, 3.8) is 0 Å². The summed E-state index contributed by atoms with van der Waals surface area (Å²) in [5.74, 6) is -0.190. The summed E-state index contributed by atoms with van der Waals surface area (Å²) in [6.07, 6.45) is 0.798. The van der Waals surface area contributed by atoms with Crippen molar-refractivity contribution in [1.82, 2.24) is 0 Å². The zero-order valence-electron chi connectivity index (χ0n) is 15.4. The minimum absolute atomic E-state index is 0.0950. The van der Waals surface area contributed by atoms with Gasteiger partial charge in [0.25, 0.3) is 0 Å². The van der Waals surface area contributed by atoms with Gasteiger partial charge in [-0.25, -0.2) is 0 Å². The van der Waals surface area contributed by atoms with Gasteiger partial charge in [-0.1, -0.05) is 24.3 Å². The van der Waals surface area contributed by atoms with Crippen LogP contribution in [-0.2, 0) is 18.9 Å². The van der Waals surface area contributed by atoms with Gasteiger partial charge in [0.15, 0.2) is 11.6 Å². The van der Waals surface area contributed by atoms with E-state index in [4.69, 9.17) is 18.9 Å². The number of ketones is 2. The van der Waals surface area contributed by atoms with Gasteiger partial charge >= 0.3 is 0 Å². The van der Waals surface area contributed by atoms with Crippen molar-refractivity contribution >= 4 is 11.6 Å². The maximum Gasteiger partial charge on any atom is 0.190 e. The summed E-state index contributed by atoms with van der Waals surface area (Å²) in [5, 5.41) is 0. The molecule has 6 heteroatoms. The Morgan fingerprint density at radius 3 is 1.46 bits per heavy atom. The third kappa shape index (κ3) is 5.32. The molecule has 0 aliphatic heterocycles. The number of Topliss-reactive ketones (excluding diaryl/α,β-unsaturated/α-hetero) is 2. The zero-order chi connectivity index (χ0) is 18.8. The monoisotopic (exact) mass is 362 g/mol. The largest absolute Gasteiger partial charge is 0.382 e. The van der Waals surface area contributed by atoms with Crippen LogP contribution in [0.2, 0.25) is 0 Å². The molecule has 0 spiro atoms. The molecule has 0 N–H and O–H groups in total. The third-order valence-electron chi connectivity index (χ3n) is 4.19. The van der Waals surface area contributed by atoms with Crippen molar-refractivity contribution in [3.05, 3.63) is 46.5 Å². The second kappa shape index (κ2) is 11.0. The molecule has 0 saturated heterocycles. The first-order valence-electron chi connectivity index (χ1n) is 8.74. The van der Waals surface area contributed by atoms with E-state index in [2.05, 4.69) is 0 Å². The van der Waals surface area contributed by atoms with Crippen LogP contribution >= 0.6 is 0 Å². The molecule has 2 rings (SSSR count). The second-order valence-corrected chi connectivity index (χ2v) is 5.87. The number of fused-ring (bicyclic) bond motifs is 1. The normalized spacial score (nSPS) is 14.1. The Bertz CT molecular complexity index is 594. The van der Waals surface area contributed by atoms with E-state index in [1.165, 1.54) is 0 Å². The number of carbonyl (C=O) groups excluding carboxylic acids is 2. The molecule has 0 amide bonds. The van der Waals surface area contributed by atoms with Crippen LogP contribution in [0.4, 0.5) is 0 Å². The summed E-state index contributed by atoms with van der Waals surface area (Å²) >= 11 is 0. The van der Waals surface area contributed by atoms with E-state index in [1.807, 2.05) is 0 Å². The zero-order valence-corrected chi connectivity index (χ0v) is 15.4. The third-order valence-corrected chi connectivity index (χ3v) is 4.19. The summed E-state index contributed by atoms with van der Waals surface area (Å²) in [7, 11) is 3.21. The van der Waals surface area contributed by atoms with E-state index in [0.29, 0.717) is 74.8 Å². The van der Waals surface area contributed by atoms with E-state index >= 15 is 0 Å². The molecule has 1 aromatic rings. The van der Waals surface area contributed by atoms with Crippen LogP contribution in [0.15, 0.2) is 35.4 Å². The average Bonchev–Trinajstić information content (AvgIpc) is 2.66. The van der Waals surface area contributed by atoms with Crippen LogP contribution < -0.4 is 0 Å². The topological polar surface area (TPSA) is 71.1 Å². The van der Waals surface area contributed by atoms with Gasteiger partial charge in [-0.2, -0.15) is 0 Å². The Hall–Kier alpha value is -1.86. The van der Waals surface area contributed by atoms with E-state index in [9.17, 15) is 9.59 Å². The number of carbonyl (C=O) groups is 2. The van der Waals surface area contributed by atoms with Crippen LogP contribution in [0, 0.1) is 0 Å². The maximum atomic E-state index is 12.9. The van der Waals surface area contributed by atoms with Crippen molar-refractivity contribution in [2.24, 2.45) is 0 Å². The van der Waals surface area contributed by atoms with Gasteiger partial charge in [0, 0.05) is 49.3 Å². The Balaban J connectivity index is 2.11. The SMILES string of the molecule is COCCOCCC1=C(CCOCCOC)C(=O)c2ccccc2C1=O. The Morgan fingerprint density at radius 1 is 0.654 bits per heavy atom. The summed E-state index contributed by atoms with van der Waals surface area (Å²) in [6.45, 7) is 2.64. The average molecular weight is 362 g/mol. The molecular weight excluding hydrogens is 336 g/mol. The molecule has 0 heterocycles. The lowest BCUT2D eigenvalue weighted by atomic mass is 9.82. The molecule has 0 unspecified atom stereocenters.